The molecule has 0 radical (unpaired) electrons. The predicted octanol–water partition coefficient (Wildman–Crippen LogP) is 8.61. The number of hydrogen-bond acceptors (Lipinski definition) is 9. The zero-order valence-corrected chi connectivity index (χ0v) is 29.7. The summed E-state index contributed by atoms with van der Waals surface area (Å²) in [6, 6.07) is 38.1. The minimum Gasteiger partial charge on any atom is -0.497 e. The average molecular weight is 742 g/mol. The van der Waals surface area contributed by atoms with Gasteiger partial charge in [-0.2, -0.15) is 0 Å². The maximum atomic E-state index is 13.8. The molecule has 0 saturated heterocycles. The van der Waals surface area contributed by atoms with Gasteiger partial charge in [0.1, 0.15) is 16.7 Å². The molecule has 0 bridgehead atoms. The summed E-state index contributed by atoms with van der Waals surface area (Å²) < 4.78 is 5.33. The summed E-state index contributed by atoms with van der Waals surface area (Å²) in [7, 11) is 1.54. The van der Waals surface area contributed by atoms with E-state index in [2.05, 4.69) is 20.9 Å². The van der Waals surface area contributed by atoms with E-state index in [0.29, 0.717) is 43.8 Å². The Hall–Kier alpha value is -6.57. The number of amides is 3. The Morgan fingerprint density at radius 3 is 2.34 bits per heavy atom. The van der Waals surface area contributed by atoms with Crippen molar-refractivity contribution in [2.24, 2.45) is 0 Å². The van der Waals surface area contributed by atoms with Crippen LogP contribution in [0.4, 0.5) is 16.5 Å². The molecule has 264 valence electrons. The fourth-order valence-corrected chi connectivity index (χ4v) is 6.94. The quantitative estimate of drug-likeness (QED) is 0.0461. The number of anilines is 2. The third kappa shape index (κ3) is 9.61. The lowest BCUT2D eigenvalue weighted by Gasteiger charge is -2.17. The Labute approximate surface area is 312 Å². The Morgan fingerprint density at radius 1 is 0.849 bits per heavy atom. The smallest absolute Gasteiger partial charge is 0.272 e. The van der Waals surface area contributed by atoms with Gasteiger partial charge in [0.2, 0.25) is 5.91 Å². The fourth-order valence-electron chi connectivity index (χ4n) is 5.14. The molecule has 1 unspecified atom stereocenters. The largest absolute Gasteiger partial charge is 0.497 e. The molecule has 0 spiro atoms. The van der Waals surface area contributed by atoms with E-state index in [1.54, 1.807) is 103 Å². The topological polar surface area (TPSA) is 153 Å². The number of aromatic nitrogens is 1. The lowest BCUT2D eigenvalue weighted by atomic mass is 10.1. The number of carbonyl (C=O) groups is 3. The number of thioether (sulfide) groups is 1. The summed E-state index contributed by atoms with van der Waals surface area (Å²) in [6.07, 6.45) is 1.57. The first-order valence-corrected chi connectivity index (χ1v) is 17.9. The van der Waals surface area contributed by atoms with Gasteiger partial charge < -0.3 is 20.7 Å². The summed E-state index contributed by atoms with van der Waals surface area (Å²) in [5.74, 6) is -0.747. The molecule has 1 heterocycles. The summed E-state index contributed by atoms with van der Waals surface area (Å²) in [5, 5.41) is 21.1. The van der Waals surface area contributed by atoms with Gasteiger partial charge in [-0.05, 0) is 59.7 Å². The van der Waals surface area contributed by atoms with Crippen LogP contribution >= 0.6 is 23.1 Å². The van der Waals surface area contributed by atoms with Crippen molar-refractivity contribution >= 4 is 63.4 Å². The van der Waals surface area contributed by atoms with Gasteiger partial charge in [-0.3, -0.25) is 24.5 Å². The zero-order valence-electron chi connectivity index (χ0n) is 28.1. The number of nitro groups is 1. The van der Waals surface area contributed by atoms with Crippen LogP contribution in [-0.2, 0) is 9.59 Å². The normalized spacial score (nSPS) is 11.6. The van der Waals surface area contributed by atoms with Crippen molar-refractivity contribution in [1.29, 1.82) is 0 Å². The lowest BCUT2D eigenvalue weighted by Crippen LogP contribution is -2.30. The summed E-state index contributed by atoms with van der Waals surface area (Å²) in [6.45, 7) is 0. The van der Waals surface area contributed by atoms with Crippen molar-refractivity contribution < 1.29 is 24.0 Å². The molecule has 11 nitrogen and oxygen atoms in total. The van der Waals surface area contributed by atoms with Crippen LogP contribution in [0.25, 0.3) is 17.3 Å². The first kappa shape index (κ1) is 36.2. The van der Waals surface area contributed by atoms with Crippen molar-refractivity contribution in [2.75, 3.05) is 17.7 Å². The molecule has 13 heteroatoms. The Kier molecular flexibility index (Phi) is 11.7. The summed E-state index contributed by atoms with van der Waals surface area (Å²) >= 11 is 2.49. The van der Waals surface area contributed by atoms with Crippen LogP contribution in [0.5, 0.6) is 5.75 Å². The van der Waals surface area contributed by atoms with Crippen LogP contribution in [0, 0.1) is 10.1 Å². The standard InChI is InChI=1S/C40H31N5O6S2/c1-51-32-19-8-11-26(21-32)22-34(42-37(46)28-14-6-3-7-15-28)38(47)41-30-17-10-20-33(24-30)53-36(27-12-4-2-5-13-27)39(48)44-40-43-35(25-52-40)29-16-9-18-31(23-29)45(49)50/h2-25,36H,1H3,(H,41,47)(H,42,46)(H,43,44,48)/b34-22-. The van der Waals surface area contributed by atoms with Gasteiger partial charge in [-0.25, -0.2) is 4.98 Å². The number of ether oxygens (including phenoxy) is 1. The highest BCUT2D eigenvalue weighted by atomic mass is 32.2. The Morgan fingerprint density at radius 2 is 1.58 bits per heavy atom. The van der Waals surface area contributed by atoms with Crippen molar-refractivity contribution in [3.05, 3.63) is 171 Å². The van der Waals surface area contributed by atoms with E-state index in [9.17, 15) is 24.5 Å². The van der Waals surface area contributed by atoms with E-state index in [-0.39, 0.29) is 17.3 Å². The molecule has 1 aromatic heterocycles. The number of nitro benzene ring substituents is 1. The van der Waals surface area contributed by atoms with Gasteiger partial charge in [0, 0.05) is 39.2 Å². The fraction of sp³-hybridized carbons (Fsp3) is 0.0500. The maximum Gasteiger partial charge on any atom is 0.272 e. The van der Waals surface area contributed by atoms with Crippen molar-refractivity contribution in [2.45, 2.75) is 10.1 Å². The second kappa shape index (κ2) is 17.1. The van der Waals surface area contributed by atoms with Gasteiger partial charge in [-0.15, -0.1) is 23.1 Å². The molecule has 0 aliphatic carbocycles. The zero-order chi connectivity index (χ0) is 37.2. The molecule has 5 aromatic carbocycles. The predicted molar refractivity (Wildman–Crippen MR) is 208 cm³/mol. The molecule has 3 amide bonds. The first-order valence-electron chi connectivity index (χ1n) is 16.1. The van der Waals surface area contributed by atoms with Crippen LogP contribution < -0.4 is 20.7 Å². The van der Waals surface area contributed by atoms with Gasteiger partial charge in [0.25, 0.3) is 17.5 Å². The highest BCUT2D eigenvalue weighted by Crippen LogP contribution is 2.38. The SMILES string of the molecule is COc1cccc(/C=C(\NC(=O)c2ccccc2)C(=O)Nc2cccc(SC(C(=O)Nc3nc(-c4cccc([N+](=O)[O-])c4)cs3)c3ccccc3)c2)c1. The third-order valence-corrected chi connectivity index (χ3v) is 9.71. The monoisotopic (exact) mass is 741 g/mol. The number of non-ortho nitro benzene ring substituents is 1. The molecule has 0 aliphatic rings. The van der Waals surface area contributed by atoms with E-state index < -0.39 is 22.0 Å². The lowest BCUT2D eigenvalue weighted by molar-refractivity contribution is -0.384. The third-order valence-electron chi connectivity index (χ3n) is 7.71. The van der Waals surface area contributed by atoms with Crippen molar-refractivity contribution in [3.63, 3.8) is 0 Å². The van der Waals surface area contributed by atoms with Crippen LogP contribution in [-0.4, -0.2) is 34.7 Å². The molecule has 3 N–H and O–H groups in total. The molecule has 6 rings (SSSR count). The number of hydrogen-bond donors (Lipinski definition) is 3. The number of benzene rings is 5. The molecule has 53 heavy (non-hydrogen) atoms. The number of nitrogens with zero attached hydrogens (tertiary/aromatic N) is 2. The molecule has 1 atom stereocenters. The van der Waals surface area contributed by atoms with Crippen LogP contribution in [0.15, 0.2) is 149 Å². The minimum atomic E-state index is -0.707. The minimum absolute atomic E-state index is 0.0135. The van der Waals surface area contributed by atoms with Crippen LogP contribution in [0.2, 0.25) is 0 Å². The van der Waals surface area contributed by atoms with Gasteiger partial charge in [0.05, 0.1) is 17.7 Å². The second-order valence-corrected chi connectivity index (χ2v) is 13.4. The maximum absolute atomic E-state index is 13.8. The van der Waals surface area contributed by atoms with E-state index >= 15 is 0 Å². The number of methoxy groups -OCH3 is 1. The average Bonchev–Trinajstić information content (AvgIpc) is 3.66. The van der Waals surface area contributed by atoms with Crippen molar-refractivity contribution in [3.8, 4) is 17.0 Å². The highest BCUT2D eigenvalue weighted by Gasteiger charge is 2.24. The van der Waals surface area contributed by atoms with Gasteiger partial charge in [-0.1, -0.05) is 78.9 Å². The van der Waals surface area contributed by atoms with E-state index in [4.69, 9.17) is 4.74 Å². The van der Waals surface area contributed by atoms with E-state index in [1.807, 2.05) is 36.4 Å². The van der Waals surface area contributed by atoms with Gasteiger partial charge in [0.15, 0.2) is 5.13 Å². The number of thiazole rings is 1. The van der Waals surface area contributed by atoms with Crippen LogP contribution in [0.1, 0.15) is 26.7 Å². The molecule has 0 aliphatic heterocycles. The second-order valence-electron chi connectivity index (χ2n) is 11.4. The highest BCUT2D eigenvalue weighted by molar-refractivity contribution is 8.00. The molecular weight excluding hydrogens is 711 g/mol. The van der Waals surface area contributed by atoms with E-state index in [0.717, 1.165) is 5.56 Å². The van der Waals surface area contributed by atoms with E-state index in [1.165, 1.54) is 35.2 Å². The number of rotatable bonds is 13. The molecule has 0 saturated carbocycles. The Balaban J connectivity index is 1.21. The van der Waals surface area contributed by atoms with Gasteiger partial charge >= 0.3 is 0 Å². The van der Waals surface area contributed by atoms with Crippen molar-refractivity contribution in [1.82, 2.24) is 10.3 Å². The molecule has 0 fully saturated rings. The molecular formula is C40H31N5O6S2. The molecule has 6 aromatic rings. The van der Waals surface area contributed by atoms with Crippen LogP contribution in [0.3, 0.4) is 0 Å². The number of nitrogens with one attached hydrogen (secondary N) is 3. The first-order chi connectivity index (χ1) is 25.7. The Bertz CT molecular complexity index is 2300. The summed E-state index contributed by atoms with van der Waals surface area (Å²) in [4.78, 5) is 56.6. The number of carbonyl (C=O) groups excluding carboxylic acids is 3. The summed E-state index contributed by atoms with van der Waals surface area (Å²) in [5.41, 5.74) is 3.23.